The van der Waals surface area contributed by atoms with E-state index in [1.54, 1.807) is 0 Å². The fourth-order valence-electron chi connectivity index (χ4n) is 0.162. The van der Waals surface area contributed by atoms with Crippen LogP contribution >= 0.6 is 34.8 Å². The minimum Gasteiger partial charge on any atom is -0.515 e. The molecular formula is C4H3Cl3O2. The van der Waals surface area contributed by atoms with Crippen LogP contribution in [0.1, 0.15) is 0 Å². The van der Waals surface area contributed by atoms with Gasteiger partial charge in [-0.25, -0.2) is 0 Å². The van der Waals surface area contributed by atoms with E-state index in [1.165, 1.54) is 0 Å². The second-order valence-electron chi connectivity index (χ2n) is 1.18. The van der Waals surface area contributed by atoms with E-state index < -0.39 is 9.58 Å². The lowest BCUT2D eigenvalue weighted by Crippen LogP contribution is -2.15. The first-order valence-electron chi connectivity index (χ1n) is 1.90. The first-order chi connectivity index (χ1) is 3.98. The molecule has 0 aliphatic carbocycles. The van der Waals surface area contributed by atoms with Crippen molar-refractivity contribution >= 4 is 40.6 Å². The molecule has 0 rings (SSSR count). The average molecular weight is 189 g/mol. The van der Waals surface area contributed by atoms with Crippen LogP contribution in [0.25, 0.3) is 0 Å². The van der Waals surface area contributed by atoms with Gasteiger partial charge in [0, 0.05) is 6.08 Å². The molecule has 0 aromatic heterocycles. The fraction of sp³-hybridized carbons (Fsp3) is 0.250. The minimum absolute atomic E-state index is 0.518. The van der Waals surface area contributed by atoms with Gasteiger partial charge in [-0.15, -0.1) is 0 Å². The molecule has 0 radical (unpaired) electrons. The van der Waals surface area contributed by atoms with E-state index in [4.69, 9.17) is 39.9 Å². The van der Waals surface area contributed by atoms with Crippen molar-refractivity contribution in [2.75, 3.05) is 0 Å². The second kappa shape index (κ2) is 3.30. The maximum absolute atomic E-state index is 10.4. The monoisotopic (exact) mass is 188 g/mol. The molecule has 0 atom stereocenters. The highest BCUT2D eigenvalue weighted by Crippen LogP contribution is 2.27. The number of ketones is 1. The average Bonchev–Trinajstić information content (AvgIpc) is 1.64. The summed E-state index contributed by atoms with van der Waals surface area (Å²) < 4.78 is -1.96. The normalized spacial score (nSPS) is 12.3. The predicted molar refractivity (Wildman–Crippen MR) is 37.1 cm³/mol. The Morgan fingerprint density at radius 3 is 2.00 bits per heavy atom. The summed E-state index contributed by atoms with van der Waals surface area (Å²) in [4.78, 5) is 10.4. The molecule has 0 bridgehead atoms. The van der Waals surface area contributed by atoms with Crippen LogP contribution in [0.15, 0.2) is 12.3 Å². The van der Waals surface area contributed by atoms with Gasteiger partial charge in [-0.3, -0.25) is 4.79 Å². The Bertz CT molecular complexity index is 135. The summed E-state index contributed by atoms with van der Waals surface area (Å²) in [5.74, 6) is -0.769. The van der Waals surface area contributed by atoms with Gasteiger partial charge in [0.1, 0.15) is 0 Å². The largest absolute Gasteiger partial charge is 0.515 e. The number of halogens is 3. The highest BCUT2D eigenvalue weighted by molar-refractivity contribution is 6.77. The number of rotatable bonds is 1. The van der Waals surface area contributed by atoms with Crippen LogP contribution < -0.4 is 0 Å². The van der Waals surface area contributed by atoms with Gasteiger partial charge in [0.05, 0.1) is 6.26 Å². The molecule has 0 aromatic rings. The first kappa shape index (κ1) is 9.08. The van der Waals surface area contributed by atoms with Crippen LogP contribution in [0.5, 0.6) is 0 Å². The number of allylic oxidation sites excluding steroid dienone is 1. The lowest BCUT2D eigenvalue weighted by molar-refractivity contribution is -0.113. The van der Waals surface area contributed by atoms with Crippen molar-refractivity contribution in [1.82, 2.24) is 0 Å². The molecule has 2 nitrogen and oxygen atoms in total. The molecule has 1 N–H and O–H groups in total. The second-order valence-corrected chi connectivity index (χ2v) is 3.46. The van der Waals surface area contributed by atoms with Crippen molar-refractivity contribution in [1.29, 1.82) is 0 Å². The summed E-state index contributed by atoms with van der Waals surface area (Å²) in [6.45, 7) is 0. The molecule has 9 heavy (non-hydrogen) atoms. The maximum Gasteiger partial charge on any atom is 0.252 e. The van der Waals surface area contributed by atoms with E-state index in [-0.39, 0.29) is 0 Å². The lowest BCUT2D eigenvalue weighted by atomic mass is 10.4. The summed E-state index contributed by atoms with van der Waals surface area (Å²) in [7, 11) is 0. The third kappa shape index (κ3) is 3.62. The number of carbonyl (C=O) groups excluding carboxylic acids is 1. The van der Waals surface area contributed by atoms with E-state index in [9.17, 15) is 4.79 Å². The van der Waals surface area contributed by atoms with Gasteiger partial charge in [0.15, 0.2) is 0 Å². The lowest BCUT2D eigenvalue weighted by Gasteiger charge is -2.02. The van der Waals surface area contributed by atoms with Gasteiger partial charge < -0.3 is 5.11 Å². The Hall–Kier alpha value is 0.0800. The third-order valence-electron chi connectivity index (χ3n) is 0.505. The van der Waals surface area contributed by atoms with E-state index in [0.717, 1.165) is 6.08 Å². The predicted octanol–water partition coefficient (Wildman–Crippen LogP) is 2.00. The van der Waals surface area contributed by atoms with E-state index >= 15 is 0 Å². The van der Waals surface area contributed by atoms with Crippen LogP contribution in [0, 0.1) is 0 Å². The van der Waals surface area contributed by atoms with Gasteiger partial charge >= 0.3 is 0 Å². The number of hydrogen-bond acceptors (Lipinski definition) is 2. The van der Waals surface area contributed by atoms with Gasteiger partial charge in [-0.2, -0.15) is 0 Å². The molecule has 0 aliphatic rings. The zero-order valence-corrected chi connectivity index (χ0v) is 6.41. The van der Waals surface area contributed by atoms with Crippen molar-refractivity contribution in [2.24, 2.45) is 0 Å². The van der Waals surface area contributed by atoms with Crippen LogP contribution in [-0.2, 0) is 4.79 Å². The van der Waals surface area contributed by atoms with Gasteiger partial charge in [-0.1, -0.05) is 34.8 Å². The minimum atomic E-state index is -1.96. The van der Waals surface area contributed by atoms with Crippen molar-refractivity contribution in [3.8, 4) is 0 Å². The molecule has 0 aliphatic heterocycles. The quantitative estimate of drug-likeness (QED) is 0.389. The summed E-state index contributed by atoms with van der Waals surface area (Å²) >= 11 is 15.2. The molecule has 5 heteroatoms. The maximum atomic E-state index is 10.4. The zero-order chi connectivity index (χ0) is 7.49. The van der Waals surface area contributed by atoms with Gasteiger partial charge in [0.2, 0.25) is 5.78 Å². The SMILES string of the molecule is O=C(/C=C\O)C(Cl)(Cl)Cl. The molecule has 0 saturated carbocycles. The van der Waals surface area contributed by atoms with Crippen LogP contribution in [-0.4, -0.2) is 14.7 Å². The molecule has 52 valence electrons. The Morgan fingerprint density at radius 2 is 1.89 bits per heavy atom. The summed E-state index contributed by atoms with van der Waals surface area (Å²) in [5.41, 5.74) is 0. The van der Waals surface area contributed by atoms with Crippen molar-refractivity contribution in [3.63, 3.8) is 0 Å². The number of hydrogen-bond donors (Lipinski definition) is 1. The first-order valence-corrected chi connectivity index (χ1v) is 3.04. The molecule has 0 heterocycles. The number of aliphatic hydroxyl groups excluding tert-OH is 1. The van der Waals surface area contributed by atoms with Crippen LogP contribution in [0.2, 0.25) is 0 Å². The van der Waals surface area contributed by atoms with Crippen molar-refractivity contribution in [2.45, 2.75) is 3.79 Å². The molecular weight excluding hydrogens is 186 g/mol. The Kier molecular flexibility index (Phi) is 3.33. The molecule has 0 fully saturated rings. The van der Waals surface area contributed by atoms with Crippen LogP contribution in [0.4, 0.5) is 0 Å². The van der Waals surface area contributed by atoms with E-state index in [2.05, 4.69) is 0 Å². The number of alkyl halides is 3. The Morgan fingerprint density at radius 1 is 1.44 bits per heavy atom. The van der Waals surface area contributed by atoms with Crippen LogP contribution in [0.3, 0.4) is 0 Å². The number of carbonyl (C=O) groups is 1. The molecule has 0 aromatic carbocycles. The molecule has 0 amide bonds. The molecule has 0 spiro atoms. The van der Waals surface area contributed by atoms with E-state index in [0.29, 0.717) is 6.26 Å². The highest BCUT2D eigenvalue weighted by Gasteiger charge is 2.27. The standard InChI is InChI=1S/C4H3Cl3O2/c5-4(6,7)3(9)1-2-8/h1-2,8H/b2-1-. The van der Waals surface area contributed by atoms with Crippen molar-refractivity contribution in [3.05, 3.63) is 12.3 Å². The van der Waals surface area contributed by atoms with Gasteiger partial charge in [-0.05, 0) is 0 Å². The van der Waals surface area contributed by atoms with E-state index in [1.807, 2.05) is 0 Å². The summed E-state index contributed by atoms with van der Waals surface area (Å²) in [6.07, 6.45) is 1.29. The van der Waals surface area contributed by atoms with Gasteiger partial charge in [0.25, 0.3) is 3.79 Å². The topological polar surface area (TPSA) is 37.3 Å². The smallest absolute Gasteiger partial charge is 0.252 e. The summed E-state index contributed by atoms with van der Waals surface area (Å²) in [5, 5.41) is 8.02. The molecule has 0 unspecified atom stereocenters. The molecule has 0 saturated heterocycles. The zero-order valence-electron chi connectivity index (χ0n) is 4.14. The number of aliphatic hydroxyl groups is 1. The fourth-order valence-corrected chi connectivity index (χ4v) is 0.351. The Labute approximate surface area is 67.0 Å². The Balaban J connectivity index is 4.06. The summed E-state index contributed by atoms with van der Waals surface area (Å²) in [6, 6.07) is 0. The van der Waals surface area contributed by atoms with Crippen molar-refractivity contribution < 1.29 is 9.90 Å². The highest BCUT2D eigenvalue weighted by atomic mass is 35.6. The third-order valence-corrected chi connectivity index (χ3v) is 1.06.